The number of para-hydroxylation sites is 1. The van der Waals surface area contributed by atoms with Gasteiger partial charge >= 0.3 is 0 Å². The maximum absolute atomic E-state index is 13.5. The van der Waals surface area contributed by atoms with Gasteiger partial charge in [-0.1, -0.05) is 67.8 Å². The van der Waals surface area contributed by atoms with Crippen molar-refractivity contribution in [3.8, 4) is 0 Å². The van der Waals surface area contributed by atoms with Crippen LogP contribution in [0.3, 0.4) is 0 Å². The van der Waals surface area contributed by atoms with Gasteiger partial charge in [-0.05, 0) is 37.1 Å². The first kappa shape index (κ1) is 19.8. The summed E-state index contributed by atoms with van der Waals surface area (Å²) in [5.74, 6) is 0.383. The van der Waals surface area contributed by atoms with Gasteiger partial charge < -0.3 is 4.90 Å². The third kappa shape index (κ3) is 2.86. The van der Waals surface area contributed by atoms with Crippen molar-refractivity contribution in [1.82, 2.24) is 4.31 Å². The number of rotatable bonds is 4. The number of nitrogens with zero attached hydrogens (tertiary/aromatic N) is 2. The van der Waals surface area contributed by atoms with Gasteiger partial charge in [-0.25, -0.2) is 8.42 Å². The quantitative estimate of drug-likeness (QED) is 0.670. The molecule has 1 aliphatic carbocycles. The zero-order valence-electron chi connectivity index (χ0n) is 18.0. The molecule has 2 unspecified atom stereocenters. The predicted molar refractivity (Wildman–Crippen MR) is 121 cm³/mol. The van der Waals surface area contributed by atoms with Crippen LogP contribution in [0.1, 0.15) is 43.7 Å². The lowest BCUT2D eigenvalue weighted by atomic mass is 9.81. The molecule has 0 aromatic heterocycles. The molecule has 0 bridgehead atoms. The summed E-state index contributed by atoms with van der Waals surface area (Å²) in [6, 6.07) is 16.3. The van der Waals surface area contributed by atoms with Crippen LogP contribution in [0.2, 0.25) is 0 Å². The SMILES string of the molecule is CCCC1=C[C@@]2(C)CN(S(=O)(=O)c3ccc(C)cc3)CCN3c4ccccc4C1C32. The van der Waals surface area contributed by atoms with Gasteiger partial charge in [0.2, 0.25) is 10.0 Å². The van der Waals surface area contributed by atoms with E-state index in [4.69, 9.17) is 0 Å². The van der Waals surface area contributed by atoms with Crippen molar-refractivity contribution in [3.63, 3.8) is 0 Å². The summed E-state index contributed by atoms with van der Waals surface area (Å²) in [6.07, 6.45) is 4.60. The van der Waals surface area contributed by atoms with Gasteiger partial charge in [0.1, 0.15) is 0 Å². The minimum atomic E-state index is -3.53. The summed E-state index contributed by atoms with van der Waals surface area (Å²) >= 11 is 0. The molecule has 3 atom stereocenters. The Morgan fingerprint density at radius 2 is 1.80 bits per heavy atom. The molecule has 3 aliphatic rings. The Morgan fingerprint density at radius 1 is 1.07 bits per heavy atom. The average Bonchev–Trinajstić information content (AvgIpc) is 3.14. The van der Waals surface area contributed by atoms with Crippen LogP contribution in [0.15, 0.2) is 65.1 Å². The third-order valence-electron chi connectivity index (χ3n) is 7.13. The molecule has 2 aliphatic heterocycles. The number of fused-ring (bicyclic) bond motifs is 3. The van der Waals surface area contributed by atoms with E-state index >= 15 is 0 Å². The minimum Gasteiger partial charge on any atom is -0.365 e. The van der Waals surface area contributed by atoms with Gasteiger partial charge in [0.15, 0.2) is 0 Å². The first-order valence-corrected chi connectivity index (χ1v) is 12.4. The largest absolute Gasteiger partial charge is 0.365 e. The minimum absolute atomic E-state index is 0.206. The number of hydrogen-bond acceptors (Lipinski definition) is 3. The van der Waals surface area contributed by atoms with Crippen molar-refractivity contribution in [2.24, 2.45) is 5.41 Å². The summed E-state index contributed by atoms with van der Waals surface area (Å²) in [5.41, 5.74) is 5.05. The summed E-state index contributed by atoms with van der Waals surface area (Å²) in [7, 11) is -3.53. The number of aryl methyl sites for hydroxylation is 1. The van der Waals surface area contributed by atoms with Gasteiger partial charge in [0, 0.05) is 42.7 Å². The molecule has 2 aromatic carbocycles. The summed E-state index contributed by atoms with van der Waals surface area (Å²) in [4.78, 5) is 2.88. The van der Waals surface area contributed by atoms with E-state index in [1.54, 1.807) is 16.4 Å². The Kier molecular flexibility index (Phi) is 4.60. The van der Waals surface area contributed by atoms with Crippen molar-refractivity contribution in [2.45, 2.75) is 50.5 Å². The Labute approximate surface area is 180 Å². The Balaban J connectivity index is 1.58. The van der Waals surface area contributed by atoms with Crippen LogP contribution >= 0.6 is 0 Å². The van der Waals surface area contributed by atoms with Crippen molar-refractivity contribution in [1.29, 1.82) is 0 Å². The maximum atomic E-state index is 13.5. The second-order valence-corrected chi connectivity index (χ2v) is 11.2. The van der Waals surface area contributed by atoms with E-state index in [2.05, 4.69) is 49.1 Å². The van der Waals surface area contributed by atoms with Crippen LogP contribution in [0.25, 0.3) is 0 Å². The van der Waals surface area contributed by atoms with Crippen molar-refractivity contribution in [3.05, 3.63) is 71.3 Å². The van der Waals surface area contributed by atoms with Gasteiger partial charge in [-0.15, -0.1) is 0 Å². The van der Waals surface area contributed by atoms with E-state index in [0.29, 0.717) is 29.9 Å². The zero-order valence-corrected chi connectivity index (χ0v) is 18.8. The van der Waals surface area contributed by atoms with E-state index < -0.39 is 10.0 Å². The molecule has 0 saturated carbocycles. The molecule has 1 saturated heterocycles. The fourth-order valence-electron chi connectivity index (χ4n) is 5.91. The van der Waals surface area contributed by atoms with Gasteiger partial charge in [0.05, 0.1) is 4.90 Å². The van der Waals surface area contributed by atoms with Crippen molar-refractivity contribution < 1.29 is 8.42 Å². The van der Waals surface area contributed by atoms with Crippen LogP contribution in [0.5, 0.6) is 0 Å². The zero-order chi connectivity index (χ0) is 21.1. The lowest BCUT2D eigenvalue weighted by molar-refractivity contribution is 0.287. The lowest BCUT2D eigenvalue weighted by Crippen LogP contribution is -2.45. The highest BCUT2D eigenvalue weighted by atomic mass is 32.2. The molecule has 4 nitrogen and oxygen atoms in total. The molecule has 0 spiro atoms. The number of hydrogen-bond donors (Lipinski definition) is 0. The van der Waals surface area contributed by atoms with Crippen molar-refractivity contribution in [2.75, 3.05) is 24.5 Å². The molecule has 0 radical (unpaired) electrons. The number of sulfonamides is 1. The standard InChI is InChI=1S/C25H30N2O2S/c1-4-7-19-16-25(3)17-26(30(28,29)20-12-10-18(2)11-13-20)14-15-27-22-9-6-5-8-21(22)23(19)24(25)27/h5-6,8-13,16,23-24H,4,7,14-15,17H2,1-3H3/t23?,24?,25-/m0/s1. The summed E-state index contributed by atoms with van der Waals surface area (Å²) in [5, 5.41) is 0. The average molecular weight is 423 g/mol. The highest BCUT2D eigenvalue weighted by molar-refractivity contribution is 7.89. The monoisotopic (exact) mass is 422 g/mol. The lowest BCUT2D eigenvalue weighted by Gasteiger charge is -2.36. The van der Waals surface area contributed by atoms with Crippen LogP contribution in [-0.2, 0) is 10.0 Å². The second-order valence-electron chi connectivity index (χ2n) is 9.30. The van der Waals surface area contributed by atoms with E-state index in [1.807, 2.05) is 19.1 Å². The van der Waals surface area contributed by atoms with Crippen LogP contribution in [-0.4, -0.2) is 38.4 Å². The van der Waals surface area contributed by atoms with Crippen LogP contribution < -0.4 is 4.90 Å². The van der Waals surface area contributed by atoms with Crippen molar-refractivity contribution >= 4 is 15.7 Å². The summed E-state index contributed by atoms with van der Waals surface area (Å²) in [6.45, 7) is 8.24. The van der Waals surface area contributed by atoms with E-state index in [9.17, 15) is 8.42 Å². The molecule has 0 amide bonds. The van der Waals surface area contributed by atoms with Crippen LogP contribution in [0, 0.1) is 12.3 Å². The molecule has 2 heterocycles. The first-order chi connectivity index (χ1) is 14.3. The van der Waals surface area contributed by atoms with E-state index in [0.717, 1.165) is 24.9 Å². The normalized spacial score (nSPS) is 28.1. The number of anilines is 1. The molecule has 2 aromatic rings. The van der Waals surface area contributed by atoms with E-state index in [1.165, 1.54) is 16.8 Å². The topological polar surface area (TPSA) is 40.6 Å². The first-order valence-electron chi connectivity index (χ1n) is 11.0. The summed E-state index contributed by atoms with van der Waals surface area (Å²) < 4.78 is 28.8. The highest BCUT2D eigenvalue weighted by Crippen LogP contribution is 2.58. The predicted octanol–water partition coefficient (Wildman–Crippen LogP) is 4.72. The maximum Gasteiger partial charge on any atom is 0.243 e. The molecular weight excluding hydrogens is 392 g/mol. The molecule has 30 heavy (non-hydrogen) atoms. The van der Waals surface area contributed by atoms with Gasteiger partial charge in [0.25, 0.3) is 0 Å². The Bertz CT molecular complexity index is 1110. The second kappa shape index (κ2) is 6.96. The number of benzene rings is 2. The molecule has 5 rings (SSSR count). The molecule has 158 valence electrons. The van der Waals surface area contributed by atoms with Crippen LogP contribution in [0.4, 0.5) is 5.69 Å². The van der Waals surface area contributed by atoms with Gasteiger partial charge in [-0.3, -0.25) is 0 Å². The fraction of sp³-hybridized carbons (Fsp3) is 0.440. The molecule has 0 N–H and O–H groups in total. The molecule has 5 heteroatoms. The van der Waals surface area contributed by atoms with Gasteiger partial charge in [-0.2, -0.15) is 4.31 Å². The molecule has 1 fully saturated rings. The van der Waals surface area contributed by atoms with E-state index in [-0.39, 0.29) is 5.41 Å². The molecular formula is C25H30N2O2S. The smallest absolute Gasteiger partial charge is 0.243 e. The Hall–Kier alpha value is -2.11. The fourth-order valence-corrected chi connectivity index (χ4v) is 7.46. The Morgan fingerprint density at radius 3 is 2.53 bits per heavy atom. The third-order valence-corrected chi connectivity index (χ3v) is 8.99. The highest BCUT2D eigenvalue weighted by Gasteiger charge is 2.55.